The predicted molar refractivity (Wildman–Crippen MR) is 213 cm³/mol. The fourth-order valence-corrected chi connectivity index (χ4v) is 11.5. The molecule has 11 nitrogen and oxygen atoms in total. The Morgan fingerprint density at radius 3 is 1.61 bits per heavy atom. The largest absolute Gasteiger partial charge is 0.383 e. The highest BCUT2D eigenvalue weighted by Gasteiger charge is 2.53. The third-order valence-corrected chi connectivity index (χ3v) is 14.2. The van der Waals surface area contributed by atoms with Crippen LogP contribution in [0.3, 0.4) is 0 Å². The van der Waals surface area contributed by atoms with Crippen molar-refractivity contribution in [3.05, 3.63) is 117 Å². The van der Waals surface area contributed by atoms with Gasteiger partial charge < -0.3 is 14.9 Å². The van der Waals surface area contributed by atoms with Gasteiger partial charge in [-0.2, -0.15) is 10.2 Å². The number of amides is 2. The third-order valence-electron chi connectivity index (χ3n) is 11.6. The second kappa shape index (κ2) is 14.8. The number of nitrogens with one attached hydrogen (secondary N) is 2. The first kappa shape index (κ1) is 37.1. The first-order chi connectivity index (χ1) is 27.1. The van der Waals surface area contributed by atoms with Gasteiger partial charge in [0.05, 0.1) is 45.0 Å². The number of aliphatic hydroxyl groups is 1. The molecule has 0 aromatic carbocycles. The van der Waals surface area contributed by atoms with E-state index in [1.165, 1.54) is 22.7 Å². The zero-order chi connectivity index (χ0) is 38.6. The molecule has 288 valence electrons. The van der Waals surface area contributed by atoms with Gasteiger partial charge in [-0.15, -0.1) is 22.7 Å². The van der Waals surface area contributed by atoms with Crippen molar-refractivity contribution in [2.24, 2.45) is 0 Å². The summed E-state index contributed by atoms with van der Waals surface area (Å²) >= 11 is 15.6. The molecule has 4 saturated heterocycles. The average Bonchev–Trinajstić information content (AvgIpc) is 4.04. The van der Waals surface area contributed by atoms with E-state index in [1.54, 1.807) is 55.2 Å². The van der Waals surface area contributed by atoms with Crippen LogP contribution in [-0.2, 0) is 11.3 Å². The van der Waals surface area contributed by atoms with Gasteiger partial charge in [-0.25, -0.2) is 4.39 Å². The molecule has 6 aromatic rings. The van der Waals surface area contributed by atoms with Gasteiger partial charge in [0.25, 0.3) is 11.8 Å². The zero-order valence-electron chi connectivity index (χ0n) is 29.9. The van der Waals surface area contributed by atoms with Gasteiger partial charge in [-0.05, 0) is 62.1 Å². The average molecular weight is 832 g/mol. The maximum atomic E-state index is 15.8. The fraction of sp³-hybridized carbons (Fsp3) is 0.350. The minimum absolute atomic E-state index is 0.00778. The summed E-state index contributed by atoms with van der Waals surface area (Å²) in [6.07, 6.45) is 15.2. The number of nitrogens with zero attached hydrogens (tertiary/aromatic N) is 6. The molecule has 0 saturated carbocycles. The molecule has 4 bridgehead atoms. The van der Waals surface area contributed by atoms with Gasteiger partial charge in [0, 0.05) is 106 Å². The summed E-state index contributed by atoms with van der Waals surface area (Å²) in [6, 6.07) is 10.4. The van der Waals surface area contributed by atoms with Crippen LogP contribution in [0.4, 0.5) is 4.39 Å². The maximum absolute atomic E-state index is 15.8. The molecule has 2 amide bonds. The maximum Gasteiger partial charge on any atom is 0.255 e. The van der Waals surface area contributed by atoms with Crippen molar-refractivity contribution in [2.45, 2.75) is 86.8 Å². The lowest BCUT2D eigenvalue weighted by Crippen LogP contribution is -2.52. The van der Waals surface area contributed by atoms with Crippen LogP contribution in [-0.4, -0.2) is 81.3 Å². The van der Waals surface area contributed by atoms with E-state index >= 15 is 4.39 Å². The van der Waals surface area contributed by atoms with Crippen molar-refractivity contribution in [1.29, 1.82) is 0 Å². The summed E-state index contributed by atoms with van der Waals surface area (Å²) < 4.78 is 15.8. The van der Waals surface area contributed by atoms with Crippen LogP contribution in [0.5, 0.6) is 0 Å². The number of rotatable bonds is 6. The Morgan fingerprint density at radius 2 is 1.18 bits per heavy atom. The highest BCUT2D eigenvalue weighted by molar-refractivity contribution is 7.14. The number of fused-ring (bicyclic) bond motifs is 4. The van der Waals surface area contributed by atoms with Crippen molar-refractivity contribution in [3.63, 3.8) is 0 Å². The van der Waals surface area contributed by atoms with Crippen LogP contribution < -0.4 is 0 Å². The summed E-state index contributed by atoms with van der Waals surface area (Å²) in [7, 11) is 0. The number of aromatic amines is 2. The smallest absolute Gasteiger partial charge is 0.255 e. The molecule has 4 fully saturated rings. The van der Waals surface area contributed by atoms with Gasteiger partial charge in [0.15, 0.2) is 5.67 Å². The molecule has 4 atom stereocenters. The topological polar surface area (TPSA) is 144 Å². The molecule has 4 aliphatic rings. The summed E-state index contributed by atoms with van der Waals surface area (Å²) in [4.78, 5) is 40.8. The van der Waals surface area contributed by atoms with E-state index in [0.717, 1.165) is 46.6 Å². The van der Waals surface area contributed by atoms with E-state index in [9.17, 15) is 14.7 Å². The molecular weight excluding hydrogens is 795 g/mol. The van der Waals surface area contributed by atoms with Crippen molar-refractivity contribution >= 4 is 57.7 Å². The van der Waals surface area contributed by atoms with E-state index in [-0.39, 0.29) is 48.8 Å². The first-order valence-electron chi connectivity index (χ1n) is 18.5. The SMILES string of the molecule is O=C(c1csc(-c2cn[nH]c2)c1)N1C2CCC1CC(F)(c1ncccc1Cl)C2.O=C(c1csc(-c2cn[nH]c2)c1)N1C2CCC1CC(O)(c1ncccc1Cl)C2. The summed E-state index contributed by atoms with van der Waals surface area (Å²) in [6.45, 7) is 0. The second-order valence-corrected chi connectivity index (χ2v) is 17.7. The summed E-state index contributed by atoms with van der Waals surface area (Å²) in [5.41, 5.74) is 1.44. The van der Waals surface area contributed by atoms with Gasteiger partial charge in [0.1, 0.15) is 5.60 Å². The van der Waals surface area contributed by atoms with Crippen LogP contribution in [0.25, 0.3) is 20.9 Å². The molecule has 0 aliphatic carbocycles. The molecule has 56 heavy (non-hydrogen) atoms. The van der Waals surface area contributed by atoms with Crippen LogP contribution in [0, 0.1) is 0 Å². The number of H-pyrrole nitrogens is 2. The number of carbonyl (C=O) groups is 2. The Kier molecular flexibility index (Phi) is 9.81. The van der Waals surface area contributed by atoms with E-state index in [0.29, 0.717) is 45.4 Å². The Balaban J connectivity index is 0.000000146. The lowest BCUT2D eigenvalue weighted by molar-refractivity contribution is -0.0507. The van der Waals surface area contributed by atoms with E-state index in [4.69, 9.17) is 23.2 Å². The van der Waals surface area contributed by atoms with Crippen molar-refractivity contribution < 1.29 is 19.1 Å². The number of hydrogen-bond donors (Lipinski definition) is 3. The third kappa shape index (κ3) is 6.74. The molecular formula is C40H37Cl2FN8O3S2. The monoisotopic (exact) mass is 830 g/mol. The first-order valence-corrected chi connectivity index (χ1v) is 21.1. The number of alkyl halides is 1. The van der Waals surface area contributed by atoms with Crippen LogP contribution >= 0.6 is 45.9 Å². The minimum atomic E-state index is -1.59. The quantitative estimate of drug-likeness (QED) is 0.152. The molecule has 3 N–H and O–H groups in total. The van der Waals surface area contributed by atoms with Crippen molar-refractivity contribution in [2.75, 3.05) is 0 Å². The lowest BCUT2D eigenvalue weighted by atomic mass is 9.83. The molecule has 16 heteroatoms. The lowest BCUT2D eigenvalue weighted by Gasteiger charge is -2.43. The predicted octanol–water partition coefficient (Wildman–Crippen LogP) is 8.66. The van der Waals surface area contributed by atoms with E-state index in [1.807, 2.05) is 38.9 Å². The van der Waals surface area contributed by atoms with Crippen LogP contribution in [0.2, 0.25) is 10.0 Å². The Bertz CT molecular complexity index is 2180. The molecule has 4 aliphatic heterocycles. The molecule has 4 unspecified atom stereocenters. The minimum Gasteiger partial charge on any atom is -0.383 e. The number of thiophene rings is 2. The number of aromatic nitrogens is 6. The highest BCUT2D eigenvalue weighted by Crippen LogP contribution is 2.50. The van der Waals surface area contributed by atoms with Crippen LogP contribution in [0.1, 0.15) is 83.5 Å². The second-order valence-electron chi connectivity index (χ2n) is 15.0. The summed E-state index contributed by atoms with van der Waals surface area (Å²) in [5.74, 6) is 0.0142. The summed E-state index contributed by atoms with van der Waals surface area (Å²) in [5, 5.41) is 29.4. The fourth-order valence-electron chi connectivity index (χ4n) is 9.18. The van der Waals surface area contributed by atoms with Crippen molar-refractivity contribution in [1.82, 2.24) is 40.2 Å². The normalized spacial score (nSPS) is 26.6. The van der Waals surface area contributed by atoms with Gasteiger partial charge >= 0.3 is 0 Å². The number of halogens is 3. The van der Waals surface area contributed by atoms with E-state index in [2.05, 4.69) is 30.4 Å². The van der Waals surface area contributed by atoms with Crippen molar-refractivity contribution in [3.8, 4) is 20.9 Å². The van der Waals surface area contributed by atoms with E-state index < -0.39 is 11.3 Å². The number of piperidine rings is 2. The number of carbonyl (C=O) groups excluding carboxylic acids is 2. The highest BCUT2D eigenvalue weighted by atomic mass is 35.5. The Morgan fingerprint density at radius 1 is 0.732 bits per heavy atom. The Hall–Kier alpha value is -4.47. The standard InChI is InChI=1S/C20H18ClFN4OS.C20H19ClN4O2S/c21-16-2-1-5-23-18(16)20(22)7-14-3-4-15(8-20)26(14)19(27)12-6-17(28-11-12)13-9-24-25-10-13;21-16-2-1-5-22-18(16)20(27)7-14-3-4-15(8-20)25(14)19(26)12-6-17(28-11-12)13-9-23-24-10-13/h1-2,5-6,9-11,14-15H,3-4,7-8H2,(H,24,25);1-2,5-6,9-11,14-15,27H,3-4,7-8H2,(H,23,24). The number of hydrogen-bond acceptors (Lipinski definition) is 9. The molecule has 6 aromatic heterocycles. The molecule has 10 heterocycles. The zero-order valence-corrected chi connectivity index (χ0v) is 33.1. The molecule has 10 rings (SSSR count). The molecule has 0 radical (unpaired) electrons. The van der Waals surface area contributed by atoms with Gasteiger partial charge in [-0.1, -0.05) is 23.2 Å². The Labute approximate surface area is 339 Å². The van der Waals surface area contributed by atoms with Gasteiger partial charge in [-0.3, -0.25) is 29.8 Å². The molecule has 0 spiro atoms. The number of pyridine rings is 2. The van der Waals surface area contributed by atoms with Gasteiger partial charge in [0.2, 0.25) is 0 Å². The van der Waals surface area contributed by atoms with Crippen LogP contribution in [0.15, 0.2) is 84.3 Å².